The van der Waals surface area contributed by atoms with Crippen LogP contribution in [0, 0.1) is 15.0 Å². The molecule has 0 saturated heterocycles. The number of aromatic nitrogens is 1. The van der Waals surface area contributed by atoms with Crippen LogP contribution in [0.1, 0.15) is 37.7 Å². The molecule has 156 valence electrons. The highest BCUT2D eigenvalue weighted by Gasteiger charge is 2.27. The number of benzene rings is 1. The van der Waals surface area contributed by atoms with E-state index in [1.54, 1.807) is 10.8 Å². The number of pyridine rings is 1. The van der Waals surface area contributed by atoms with Crippen LogP contribution in [0.15, 0.2) is 42.7 Å². The van der Waals surface area contributed by atoms with Crippen LogP contribution < -0.4 is 10.3 Å². The van der Waals surface area contributed by atoms with Gasteiger partial charge in [-0.2, -0.15) is 4.57 Å². The molecule has 0 aliphatic rings. The molecule has 0 unspecified atom stereocenters. The minimum atomic E-state index is -0.580. The van der Waals surface area contributed by atoms with Gasteiger partial charge in [0.2, 0.25) is 0 Å². The van der Waals surface area contributed by atoms with E-state index in [0.29, 0.717) is 12.3 Å². The van der Waals surface area contributed by atoms with Gasteiger partial charge in [-0.05, 0) is 38.3 Å². The first-order valence-electron chi connectivity index (χ1n) is 9.76. The second kappa shape index (κ2) is 11.8. The molecule has 0 radical (unpaired) electrons. The molecule has 0 amide bonds. The highest BCUT2D eigenvalue weighted by Crippen LogP contribution is 2.24. The molecule has 0 bridgehead atoms. The van der Waals surface area contributed by atoms with Crippen LogP contribution in [0.5, 0.6) is 0 Å². The predicted octanol–water partition coefficient (Wildman–Crippen LogP) is 3.14. The SMILES string of the molecule is NCCCCCCOCCCc1ccc[n+](-c2ccc([N+](=O)O)cc2[N+](=O)[O-])c1. The normalized spacial score (nSPS) is 10.8. The van der Waals surface area contributed by atoms with Gasteiger partial charge in [-0.25, -0.2) is 5.21 Å². The Hall–Kier alpha value is -2.91. The summed E-state index contributed by atoms with van der Waals surface area (Å²) in [5, 5.41) is 20.4. The predicted molar refractivity (Wildman–Crippen MR) is 106 cm³/mol. The maximum atomic E-state index is 11.4. The number of rotatable bonds is 13. The first-order valence-corrected chi connectivity index (χ1v) is 9.76. The molecule has 1 heterocycles. The molecule has 1 aromatic heterocycles. The van der Waals surface area contributed by atoms with Gasteiger partial charge in [0.15, 0.2) is 12.4 Å². The monoisotopic (exact) mass is 404 g/mol. The fourth-order valence-electron chi connectivity index (χ4n) is 3.00. The molecule has 0 spiro atoms. The van der Waals surface area contributed by atoms with Gasteiger partial charge in [-0.1, -0.05) is 12.8 Å². The number of hydrogen-bond acceptors (Lipinski definition) is 5. The first-order chi connectivity index (χ1) is 14.0. The first kappa shape index (κ1) is 22.4. The van der Waals surface area contributed by atoms with E-state index in [-0.39, 0.29) is 11.4 Å². The third-order valence-corrected chi connectivity index (χ3v) is 4.51. The molecule has 9 heteroatoms. The maximum absolute atomic E-state index is 11.4. The molecule has 2 aromatic rings. The Morgan fingerprint density at radius 2 is 1.83 bits per heavy atom. The van der Waals surface area contributed by atoms with Crippen LogP contribution in [0.3, 0.4) is 0 Å². The summed E-state index contributed by atoms with van der Waals surface area (Å²) in [4.78, 5) is 21.4. The minimum absolute atomic E-state index is 0.197. The summed E-state index contributed by atoms with van der Waals surface area (Å²) in [5.41, 5.74) is 6.33. The van der Waals surface area contributed by atoms with E-state index in [4.69, 9.17) is 15.7 Å². The average Bonchev–Trinajstić information content (AvgIpc) is 2.72. The van der Waals surface area contributed by atoms with Crippen molar-refractivity contribution in [2.45, 2.75) is 38.5 Å². The zero-order chi connectivity index (χ0) is 21.1. The lowest BCUT2D eigenvalue weighted by molar-refractivity contribution is -0.730. The molecule has 0 aliphatic carbocycles. The zero-order valence-electron chi connectivity index (χ0n) is 16.4. The third kappa shape index (κ3) is 7.20. The molecule has 0 saturated carbocycles. The number of nitro benzene ring substituents is 1. The van der Waals surface area contributed by atoms with Crippen molar-refractivity contribution >= 4 is 11.4 Å². The Kier molecular flexibility index (Phi) is 9.13. The van der Waals surface area contributed by atoms with Crippen molar-refractivity contribution < 1.29 is 24.4 Å². The lowest BCUT2D eigenvalue weighted by Crippen LogP contribution is -2.31. The van der Waals surface area contributed by atoms with Crippen molar-refractivity contribution in [3.63, 3.8) is 0 Å². The summed E-state index contributed by atoms with van der Waals surface area (Å²) in [6.07, 6.45) is 9.54. The number of unbranched alkanes of at least 4 members (excludes halogenated alkanes) is 3. The number of ether oxygens (including phenoxy) is 1. The topological polar surface area (TPSA) is 123 Å². The Morgan fingerprint density at radius 3 is 2.55 bits per heavy atom. The second-order valence-corrected chi connectivity index (χ2v) is 6.74. The van der Waals surface area contributed by atoms with Crippen LogP contribution in [0.2, 0.25) is 0 Å². The Morgan fingerprint density at radius 1 is 1.07 bits per heavy atom. The smallest absolute Gasteiger partial charge is 0.347 e. The highest BCUT2D eigenvalue weighted by atomic mass is 16.6. The van der Waals surface area contributed by atoms with Crippen molar-refractivity contribution in [2.24, 2.45) is 5.73 Å². The fourth-order valence-corrected chi connectivity index (χ4v) is 3.00. The van der Waals surface area contributed by atoms with E-state index in [1.807, 2.05) is 18.3 Å². The molecule has 0 aliphatic heterocycles. The number of nitrogens with two attached hydrogens (primary N) is 1. The number of nitro groups is 1. The summed E-state index contributed by atoms with van der Waals surface area (Å²) >= 11 is 0. The number of aryl methyl sites for hydroxylation is 1. The minimum Gasteiger partial charge on any atom is -0.381 e. The molecule has 2 rings (SSSR count). The summed E-state index contributed by atoms with van der Waals surface area (Å²) < 4.78 is 7.29. The van der Waals surface area contributed by atoms with Crippen LogP contribution in [0.4, 0.5) is 11.4 Å². The molecule has 9 nitrogen and oxygen atoms in total. The van der Waals surface area contributed by atoms with E-state index < -0.39 is 9.85 Å². The van der Waals surface area contributed by atoms with Crippen molar-refractivity contribution in [3.8, 4) is 5.69 Å². The summed E-state index contributed by atoms with van der Waals surface area (Å²) in [6, 6.07) is 7.58. The lowest BCUT2D eigenvalue weighted by Gasteiger charge is -2.04. The Labute approximate surface area is 169 Å². The summed E-state index contributed by atoms with van der Waals surface area (Å²) in [7, 11) is 0. The summed E-state index contributed by atoms with van der Waals surface area (Å²) in [5.74, 6) is 0. The van der Waals surface area contributed by atoms with Gasteiger partial charge in [0.1, 0.15) is 6.07 Å². The van der Waals surface area contributed by atoms with E-state index in [0.717, 1.165) is 63.3 Å². The number of hydrogen-bond donors (Lipinski definition) is 2. The molecule has 0 atom stereocenters. The van der Waals surface area contributed by atoms with E-state index >= 15 is 0 Å². The van der Waals surface area contributed by atoms with E-state index in [9.17, 15) is 15.0 Å². The zero-order valence-corrected chi connectivity index (χ0v) is 16.4. The summed E-state index contributed by atoms with van der Waals surface area (Å²) in [6.45, 7) is 2.15. The standard InChI is InChI=1S/C20H28N4O5/c21-11-3-1-2-4-13-29-14-6-8-17-7-5-12-22(16-17)19-10-9-18(23(25)26)15-20(19)24(27)28/h5,7,9-10,12,15-16H,1-4,6,8,11,13-14,21H2,(H,25,26)/q+2. The van der Waals surface area contributed by atoms with Gasteiger partial charge < -0.3 is 10.5 Å². The van der Waals surface area contributed by atoms with Crippen LogP contribution in [0.25, 0.3) is 5.69 Å². The molecular formula is C20H28N4O5+2. The molecule has 0 fully saturated rings. The molecule has 3 N–H and O–H groups in total. The van der Waals surface area contributed by atoms with Crippen LogP contribution >= 0.6 is 0 Å². The Balaban J connectivity index is 1.93. The van der Waals surface area contributed by atoms with Crippen molar-refractivity contribution in [2.75, 3.05) is 19.8 Å². The van der Waals surface area contributed by atoms with Gasteiger partial charge in [0.05, 0.1) is 9.83 Å². The van der Waals surface area contributed by atoms with Crippen molar-refractivity contribution in [3.05, 3.63) is 63.3 Å². The van der Waals surface area contributed by atoms with Gasteiger partial charge in [0.25, 0.3) is 10.6 Å². The molecular weight excluding hydrogens is 376 g/mol. The third-order valence-electron chi connectivity index (χ3n) is 4.51. The fraction of sp³-hybridized carbons (Fsp3) is 0.450. The molecule has 29 heavy (non-hydrogen) atoms. The van der Waals surface area contributed by atoms with Gasteiger partial charge >= 0.3 is 11.4 Å². The van der Waals surface area contributed by atoms with E-state index in [1.165, 1.54) is 12.1 Å². The van der Waals surface area contributed by atoms with Crippen LogP contribution in [-0.2, 0) is 11.2 Å². The Bertz CT molecular complexity index is 828. The van der Waals surface area contributed by atoms with Crippen LogP contribution in [-0.4, -0.2) is 34.8 Å². The highest BCUT2D eigenvalue weighted by molar-refractivity contribution is 5.53. The van der Waals surface area contributed by atoms with E-state index in [2.05, 4.69) is 0 Å². The van der Waals surface area contributed by atoms with Gasteiger partial charge in [-0.15, -0.1) is 0 Å². The van der Waals surface area contributed by atoms with Crippen molar-refractivity contribution in [1.29, 1.82) is 0 Å². The van der Waals surface area contributed by atoms with Gasteiger partial charge in [-0.3, -0.25) is 10.1 Å². The van der Waals surface area contributed by atoms with Crippen molar-refractivity contribution in [1.82, 2.24) is 0 Å². The number of nitrogens with zero attached hydrogens (tertiary/aromatic N) is 3. The quantitative estimate of drug-likeness (QED) is 0.229. The largest absolute Gasteiger partial charge is 0.381 e. The average molecular weight is 404 g/mol. The maximum Gasteiger partial charge on any atom is 0.347 e. The molecule has 1 aromatic carbocycles. The lowest BCUT2D eigenvalue weighted by atomic mass is 10.1. The van der Waals surface area contributed by atoms with Gasteiger partial charge in [0, 0.05) is 37.0 Å². The second-order valence-electron chi connectivity index (χ2n) is 6.74.